The Kier molecular flexibility index (Phi) is 6.09. The minimum atomic E-state index is -0.0289. The molecule has 0 bridgehead atoms. The van der Waals surface area contributed by atoms with Crippen LogP contribution >= 0.6 is 23.4 Å². The Hall–Kier alpha value is -2.31. The number of carbonyl (C=O) groups excluding carboxylic acids is 1. The fourth-order valence-electron chi connectivity index (χ4n) is 2.22. The summed E-state index contributed by atoms with van der Waals surface area (Å²) in [6.07, 6.45) is 0.818. The second-order valence-electron chi connectivity index (χ2n) is 5.35. The average molecular weight is 373 g/mol. The molecule has 1 heterocycles. The van der Waals surface area contributed by atoms with Crippen molar-refractivity contribution in [3.05, 3.63) is 65.2 Å². The third-order valence-electron chi connectivity index (χ3n) is 3.49. The van der Waals surface area contributed by atoms with Gasteiger partial charge in [0, 0.05) is 17.1 Å². The molecule has 1 amide bonds. The van der Waals surface area contributed by atoms with Crippen molar-refractivity contribution >= 4 is 29.3 Å². The number of nitrogens with one attached hydrogen (secondary N) is 2. The first kappa shape index (κ1) is 17.5. The first-order chi connectivity index (χ1) is 12.2. The molecule has 128 valence electrons. The molecule has 2 N–H and O–H groups in total. The summed E-state index contributed by atoms with van der Waals surface area (Å²) in [4.78, 5) is 16.3. The van der Waals surface area contributed by atoms with Crippen molar-refractivity contribution in [1.82, 2.24) is 20.5 Å². The number of aromatic nitrogens is 3. The molecule has 7 heteroatoms. The molecule has 0 saturated heterocycles. The van der Waals surface area contributed by atoms with Gasteiger partial charge in [-0.1, -0.05) is 53.7 Å². The van der Waals surface area contributed by atoms with E-state index < -0.39 is 0 Å². The highest BCUT2D eigenvalue weighted by Crippen LogP contribution is 2.20. The predicted octanol–water partition coefficient (Wildman–Crippen LogP) is 3.58. The van der Waals surface area contributed by atoms with Crippen LogP contribution in [0.4, 0.5) is 0 Å². The van der Waals surface area contributed by atoms with Crippen LogP contribution in [-0.2, 0) is 11.2 Å². The molecule has 0 saturated carbocycles. The molecule has 0 aliphatic heterocycles. The fraction of sp³-hybridized carbons (Fsp3) is 0.167. The van der Waals surface area contributed by atoms with Crippen LogP contribution in [0, 0.1) is 0 Å². The number of nitrogens with zero attached hydrogens (tertiary/aromatic N) is 2. The summed E-state index contributed by atoms with van der Waals surface area (Å²) in [5.41, 5.74) is 2.10. The average Bonchev–Trinajstić information content (AvgIpc) is 3.10. The topological polar surface area (TPSA) is 70.7 Å². The molecule has 0 atom stereocenters. The van der Waals surface area contributed by atoms with E-state index in [-0.39, 0.29) is 11.7 Å². The van der Waals surface area contributed by atoms with E-state index >= 15 is 0 Å². The van der Waals surface area contributed by atoms with Gasteiger partial charge in [-0.2, -0.15) is 0 Å². The molecule has 0 aliphatic rings. The molecule has 2 aromatic carbocycles. The Morgan fingerprint density at radius 2 is 1.88 bits per heavy atom. The van der Waals surface area contributed by atoms with Crippen molar-refractivity contribution in [2.75, 3.05) is 12.3 Å². The lowest BCUT2D eigenvalue weighted by molar-refractivity contribution is -0.118. The van der Waals surface area contributed by atoms with Gasteiger partial charge in [-0.25, -0.2) is 4.98 Å². The van der Waals surface area contributed by atoms with Crippen LogP contribution in [0.2, 0.25) is 5.02 Å². The van der Waals surface area contributed by atoms with E-state index in [1.54, 1.807) is 12.1 Å². The summed E-state index contributed by atoms with van der Waals surface area (Å²) in [6, 6.07) is 17.4. The minimum Gasteiger partial charge on any atom is -0.355 e. The van der Waals surface area contributed by atoms with Gasteiger partial charge in [-0.15, -0.1) is 5.10 Å². The van der Waals surface area contributed by atoms with Crippen molar-refractivity contribution < 1.29 is 4.79 Å². The SMILES string of the molecule is O=C(CSc1n[nH]c(-c2ccc(Cl)cc2)n1)NCCc1ccccc1. The number of carbonyl (C=O) groups is 1. The summed E-state index contributed by atoms with van der Waals surface area (Å²) >= 11 is 7.18. The van der Waals surface area contributed by atoms with Crippen molar-refractivity contribution in [1.29, 1.82) is 0 Å². The molecule has 0 spiro atoms. The second kappa shape index (κ2) is 8.69. The van der Waals surface area contributed by atoms with Crippen molar-refractivity contribution in [2.45, 2.75) is 11.6 Å². The molecule has 25 heavy (non-hydrogen) atoms. The number of hydrogen-bond donors (Lipinski definition) is 2. The third kappa shape index (κ3) is 5.34. The highest BCUT2D eigenvalue weighted by molar-refractivity contribution is 7.99. The molecular formula is C18H17ClN4OS. The van der Waals surface area contributed by atoms with Crippen LogP contribution < -0.4 is 5.32 Å². The normalized spacial score (nSPS) is 10.6. The summed E-state index contributed by atoms with van der Waals surface area (Å²) < 4.78 is 0. The van der Waals surface area contributed by atoms with Crippen LogP contribution in [0.5, 0.6) is 0 Å². The van der Waals surface area contributed by atoms with Crippen LogP contribution in [0.25, 0.3) is 11.4 Å². The van der Waals surface area contributed by atoms with Gasteiger partial charge >= 0.3 is 0 Å². The standard InChI is InChI=1S/C18H17ClN4OS/c19-15-8-6-14(7-9-15)17-21-18(23-22-17)25-12-16(24)20-11-10-13-4-2-1-3-5-13/h1-9H,10-12H2,(H,20,24)(H,21,22,23). The zero-order valence-corrected chi connectivity index (χ0v) is 15.0. The van der Waals surface area contributed by atoms with E-state index in [9.17, 15) is 4.79 Å². The maximum absolute atomic E-state index is 11.9. The van der Waals surface area contributed by atoms with E-state index in [4.69, 9.17) is 11.6 Å². The Morgan fingerprint density at radius 1 is 1.12 bits per heavy atom. The number of benzene rings is 2. The Bertz CT molecular complexity index is 821. The number of rotatable bonds is 7. The lowest BCUT2D eigenvalue weighted by Crippen LogP contribution is -2.27. The molecule has 0 unspecified atom stereocenters. The first-order valence-electron chi connectivity index (χ1n) is 7.82. The molecule has 0 fully saturated rings. The first-order valence-corrected chi connectivity index (χ1v) is 9.19. The molecule has 3 aromatic rings. The summed E-state index contributed by atoms with van der Waals surface area (Å²) in [5, 5.41) is 11.1. The number of H-pyrrole nitrogens is 1. The Labute approximate surface area is 155 Å². The van der Waals surface area contributed by atoms with E-state index in [0.29, 0.717) is 22.5 Å². The lowest BCUT2D eigenvalue weighted by atomic mass is 10.1. The largest absolute Gasteiger partial charge is 0.355 e. The van der Waals surface area contributed by atoms with Gasteiger partial charge in [0.15, 0.2) is 5.82 Å². The molecule has 1 aromatic heterocycles. The number of hydrogen-bond acceptors (Lipinski definition) is 4. The monoisotopic (exact) mass is 372 g/mol. The highest BCUT2D eigenvalue weighted by atomic mass is 35.5. The van der Waals surface area contributed by atoms with E-state index in [1.807, 2.05) is 42.5 Å². The lowest BCUT2D eigenvalue weighted by Gasteiger charge is -2.04. The number of halogens is 1. The predicted molar refractivity (Wildman–Crippen MR) is 101 cm³/mol. The van der Waals surface area contributed by atoms with Crippen LogP contribution in [0.1, 0.15) is 5.56 Å². The zero-order chi connectivity index (χ0) is 17.5. The fourth-order valence-corrected chi connectivity index (χ4v) is 2.97. The zero-order valence-electron chi connectivity index (χ0n) is 13.4. The number of thioether (sulfide) groups is 1. The van der Waals surface area contributed by atoms with Crippen LogP contribution in [0.3, 0.4) is 0 Å². The van der Waals surface area contributed by atoms with E-state index in [0.717, 1.165) is 12.0 Å². The van der Waals surface area contributed by atoms with Crippen LogP contribution in [-0.4, -0.2) is 33.4 Å². The van der Waals surface area contributed by atoms with E-state index in [1.165, 1.54) is 17.3 Å². The summed E-state index contributed by atoms with van der Waals surface area (Å²) in [6.45, 7) is 0.618. The maximum Gasteiger partial charge on any atom is 0.230 e. The van der Waals surface area contributed by atoms with Gasteiger partial charge in [-0.05, 0) is 36.2 Å². The molecule has 0 radical (unpaired) electrons. The van der Waals surface area contributed by atoms with Crippen molar-refractivity contribution in [3.63, 3.8) is 0 Å². The maximum atomic E-state index is 11.9. The van der Waals surface area contributed by atoms with E-state index in [2.05, 4.69) is 20.5 Å². The third-order valence-corrected chi connectivity index (χ3v) is 4.59. The molecular weight excluding hydrogens is 356 g/mol. The molecule has 0 aliphatic carbocycles. The number of aromatic amines is 1. The highest BCUT2D eigenvalue weighted by Gasteiger charge is 2.09. The second-order valence-corrected chi connectivity index (χ2v) is 6.73. The van der Waals surface area contributed by atoms with Crippen molar-refractivity contribution in [3.8, 4) is 11.4 Å². The van der Waals surface area contributed by atoms with Gasteiger partial charge in [0.25, 0.3) is 0 Å². The smallest absolute Gasteiger partial charge is 0.230 e. The van der Waals surface area contributed by atoms with Crippen LogP contribution in [0.15, 0.2) is 59.8 Å². The van der Waals surface area contributed by atoms with Gasteiger partial charge in [0.1, 0.15) is 0 Å². The minimum absolute atomic E-state index is 0.0289. The van der Waals surface area contributed by atoms with Gasteiger partial charge in [0.2, 0.25) is 11.1 Å². The van der Waals surface area contributed by atoms with Gasteiger partial charge in [-0.3, -0.25) is 9.89 Å². The summed E-state index contributed by atoms with van der Waals surface area (Å²) in [7, 11) is 0. The van der Waals surface area contributed by atoms with Gasteiger partial charge in [0.05, 0.1) is 5.75 Å². The molecule has 5 nitrogen and oxygen atoms in total. The molecule has 3 rings (SSSR count). The van der Waals surface area contributed by atoms with Gasteiger partial charge < -0.3 is 5.32 Å². The Morgan fingerprint density at radius 3 is 2.64 bits per heavy atom. The summed E-state index contributed by atoms with van der Waals surface area (Å²) in [5.74, 6) is 0.912. The number of amides is 1. The Balaban J connectivity index is 1.44. The van der Waals surface area contributed by atoms with Crippen molar-refractivity contribution in [2.24, 2.45) is 0 Å². The quantitative estimate of drug-likeness (QED) is 0.622.